The highest BCUT2D eigenvalue weighted by molar-refractivity contribution is 6.39. The standard InChI is InChI=1S/C97H133N19O19/c1-60-18-11-10-12-19-61(2)81(127-8)50-74-26-23-66(7)97(126,135-74)90(123)93(124)114-31-15-13-22-77(114)94(125)133-82(51-79(118)62(3)45-65(6)88(121)89(122)87(120)64(5)44-60)63(4)46-67-24-27-76(83(47-67)128-9)116-78(54-105-109-116)69-21-17-20-68(48-69)71-52-101-96(102-53-71)112-34-33-111(73(57-112)58-117)55-72-56-113(110-107-72)35-37-130-39-41-132-43-42-131-40-38-129-36-29-84(119)100-30-14-16-32-115-92-85(91(98)103-59-104-92)86(108-115)70-25-28-80-75(49-70)106-95(99)134-80/h10-12,17-21,25,28,45,48-49,52-54,56,59-60,62-64,66-67,73-74,76-77,81-83,88-89,117,121-122,126H,13-16,22-24,26-27,29-44,46-47,50-51,55,57-58H2,1-9H3,(H2,99,106)(H,100,119)(H2,98,103,104)/b12-10+,18-11+,61-19+,65-45+/t60-,62-,63-,64-,66-,67+,73?,74+,76+,77+,81+,82+,83-,88-,89+,97-/m1/s1. The van der Waals surface area contributed by atoms with Crippen molar-refractivity contribution < 1.29 is 91.5 Å². The Morgan fingerprint density at radius 1 is 0.756 bits per heavy atom. The number of aryl methyl sites for hydroxylation is 1. The van der Waals surface area contributed by atoms with Crippen molar-refractivity contribution in [1.82, 2.24) is 79.8 Å². The number of hydrogen-bond acceptors (Lipinski definition) is 33. The van der Waals surface area contributed by atoms with Crippen molar-refractivity contribution in [2.24, 2.45) is 35.5 Å². The van der Waals surface area contributed by atoms with Crippen molar-refractivity contribution in [2.75, 3.05) is 123 Å². The molecule has 4 fully saturated rings. The van der Waals surface area contributed by atoms with E-state index >= 15 is 0 Å². The highest BCUT2D eigenvalue weighted by atomic mass is 16.6. The highest BCUT2D eigenvalue weighted by Crippen LogP contribution is 2.43. The third-order valence-electron chi connectivity index (χ3n) is 26.7. The number of nitrogens with one attached hydrogen (secondary N) is 1. The number of piperazine rings is 1. The van der Waals surface area contributed by atoms with E-state index in [9.17, 15) is 49.2 Å². The second kappa shape index (κ2) is 48.7. The molecule has 135 heavy (non-hydrogen) atoms. The summed E-state index contributed by atoms with van der Waals surface area (Å²) in [5.41, 5.74) is 20.4. The fraction of sp³-hybridized carbons (Fsp3) is 0.588. The van der Waals surface area contributed by atoms with Crippen molar-refractivity contribution in [3.05, 3.63) is 127 Å². The number of rotatable bonds is 33. The van der Waals surface area contributed by atoms with Crippen LogP contribution in [0.2, 0.25) is 0 Å². The van der Waals surface area contributed by atoms with Gasteiger partial charge in [0.2, 0.25) is 17.6 Å². The van der Waals surface area contributed by atoms with Crippen LogP contribution >= 0.6 is 0 Å². The number of piperidine rings is 1. The number of aliphatic hydroxyl groups excluding tert-OH is 3. The number of nitrogen functional groups attached to an aromatic ring is 2. The molecule has 10 heterocycles. The zero-order valence-electron chi connectivity index (χ0n) is 78.9. The second-order valence-electron chi connectivity index (χ2n) is 36.5. The molecule has 730 valence electrons. The number of aliphatic hydroxyl groups is 4. The number of ether oxygens (including phenoxy) is 8. The minimum absolute atomic E-state index is 0.00899. The van der Waals surface area contributed by atoms with Gasteiger partial charge in [0.25, 0.3) is 17.7 Å². The van der Waals surface area contributed by atoms with E-state index in [4.69, 9.17) is 68.8 Å². The summed E-state index contributed by atoms with van der Waals surface area (Å²) in [5.74, 6) is -8.40. The van der Waals surface area contributed by atoms with Crippen molar-refractivity contribution >= 4 is 75.0 Å². The number of carbonyl (C=O) groups excluding carboxylic acids is 6. The van der Waals surface area contributed by atoms with Crippen LogP contribution in [0, 0.1) is 35.5 Å². The zero-order valence-corrected chi connectivity index (χ0v) is 78.9. The minimum Gasteiger partial charge on any atom is -0.460 e. The van der Waals surface area contributed by atoms with Crippen LogP contribution in [0.25, 0.3) is 55.8 Å². The molecule has 2 amide bonds. The number of nitrogens with two attached hydrogens (primary N) is 2. The molecule has 1 saturated carbocycles. The Balaban J connectivity index is 0.537. The fourth-order valence-corrected chi connectivity index (χ4v) is 18.8. The summed E-state index contributed by atoms with van der Waals surface area (Å²) in [6.45, 7) is 19.0. The molecule has 6 aromatic heterocycles. The lowest BCUT2D eigenvalue weighted by Gasteiger charge is -2.42. The third-order valence-corrected chi connectivity index (χ3v) is 26.7. The number of Topliss-reactive ketones (excluding diaryl/α,β-unsaturated/α-hetero) is 3. The van der Waals surface area contributed by atoms with Gasteiger partial charge >= 0.3 is 5.97 Å². The highest BCUT2D eigenvalue weighted by Gasteiger charge is 2.53. The summed E-state index contributed by atoms with van der Waals surface area (Å²) < 4.78 is 58.6. The van der Waals surface area contributed by atoms with E-state index in [-0.39, 0.29) is 98.7 Å². The van der Waals surface area contributed by atoms with Crippen molar-refractivity contribution in [2.45, 2.75) is 225 Å². The number of allylic oxidation sites excluding steroid dienone is 6. The summed E-state index contributed by atoms with van der Waals surface area (Å²) in [6.07, 6.45) is 20.2. The SMILES string of the molecule is CO[C@H]1C[C@@H]2CC[C@@H](C)[C@@](O)(O2)C(=O)C(=O)N2CCCC[C@H]2C(=O)O[C@H]([C@H](C)C[C@@H]2CC[C@H](n3nncc3-c3cccc(-c4cnc(N5CCN(Cc6cn(CCOCCOCCOCCOCCC(=O)NCCCCn7nc(-c8ccc9oc(N)nc9c8)c8c(N)ncnc87)nn6)C(CO)C5)nc4)c3)[C@H](OC)C2)CC(=O)[C@H](C)/C=C(\C)[C@@H](O)[C@@H](O)C(=O)[C@H](C)C[C@H](C)/C=C/C=C/C=C/1C. The first-order valence-corrected chi connectivity index (χ1v) is 47.4. The monoisotopic (exact) mass is 1870 g/mol. The van der Waals surface area contributed by atoms with E-state index < -0.39 is 89.5 Å². The molecule has 1 unspecified atom stereocenters. The Bertz CT molecular complexity index is 5400. The van der Waals surface area contributed by atoms with Gasteiger partial charge in [-0.1, -0.05) is 99.7 Å². The predicted molar refractivity (Wildman–Crippen MR) is 501 cm³/mol. The molecule has 2 aromatic carbocycles. The van der Waals surface area contributed by atoms with Crippen LogP contribution in [0.3, 0.4) is 0 Å². The first-order valence-electron chi connectivity index (χ1n) is 47.4. The molecular formula is C97H133N19O19. The normalized spacial score (nSPS) is 27.0. The minimum atomic E-state index is -2.49. The number of ketones is 3. The van der Waals surface area contributed by atoms with E-state index in [1.165, 1.54) is 17.3 Å². The summed E-state index contributed by atoms with van der Waals surface area (Å²) in [5, 5.41) is 71.9. The van der Waals surface area contributed by atoms with Crippen molar-refractivity contribution in [3.63, 3.8) is 0 Å². The molecule has 38 heteroatoms. The number of anilines is 3. The van der Waals surface area contributed by atoms with Crippen LogP contribution in [-0.4, -0.2) is 291 Å². The van der Waals surface area contributed by atoms with Crippen LogP contribution in [0.15, 0.2) is 126 Å². The van der Waals surface area contributed by atoms with E-state index in [0.29, 0.717) is 189 Å². The maximum Gasteiger partial charge on any atom is 0.329 e. The van der Waals surface area contributed by atoms with Crippen LogP contribution < -0.4 is 21.7 Å². The molecule has 13 rings (SSSR count). The molecule has 16 atom stereocenters. The number of unbranched alkanes of at least 4 members (excludes halogenated alkanes) is 1. The number of methoxy groups -OCH3 is 2. The third kappa shape index (κ3) is 26.5. The van der Waals surface area contributed by atoms with Gasteiger partial charge in [-0.2, -0.15) is 10.1 Å². The molecule has 0 spiro atoms. The molecular weight excluding hydrogens is 1740 g/mol. The predicted octanol–water partition coefficient (Wildman–Crippen LogP) is 8.56. The van der Waals surface area contributed by atoms with E-state index in [0.717, 1.165) is 52.1 Å². The summed E-state index contributed by atoms with van der Waals surface area (Å²) >= 11 is 0. The average molecular weight is 1870 g/mol. The quantitative estimate of drug-likeness (QED) is 0.00876. The van der Waals surface area contributed by atoms with Crippen LogP contribution in [0.1, 0.15) is 157 Å². The molecule has 38 nitrogen and oxygen atoms in total. The molecule has 0 radical (unpaired) electrons. The first-order chi connectivity index (χ1) is 65.2. The molecule has 5 aliphatic rings. The number of cyclic esters (lactones) is 1. The van der Waals surface area contributed by atoms with Gasteiger partial charge in [-0.05, 0) is 150 Å². The number of nitrogens with zero attached hydrogens (tertiary/aromatic N) is 16. The van der Waals surface area contributed by atoms with Crippen LogP contribution in [0.4, 0.5) is 17.8 Å². The number of amides is 2. The van der Waals surface area contributed by atoms with Gasteiger partial charge in [0.1, 0.15) is 53.5 Å². The number of aromatic nitrogens is 13. The smallest absolute Gasteiger partial charge is 0.329 e. The fourth-order valence-electron chi connectivity index (χ4n) is 18.8. The summed E-state index contributed by atoms with van der Waals surface area (Å²) in [4.78, 5) is 113. The van der Waals surface area contributed by atoms with Crippen LogP contribution in [0.5, 0.6) is 0 Å². The number of carbonyl (C=O) groups is 6. The van der Waals surface area contributed by atoms with E-state index in [1.54, 1.807) is 75.9 Å². The molecule has 4 aliphatic heterocycles. The molecule has 2 bridgehead atoms. The summed E-state index contributed by atoms with van der Waals surface area (Å²) in [7, 11) is 3.23. The zero-order chi connectivity index (χ0) is 95.8. The lowest BCUT2D eigenvalue weighted by atomic mass is 9.77. The largest absolute Gasteiger partial charge is 0.460 e. The second-order valence-corrected chi connectivity index (χ2v) is 36.5. The van der Waals surface area contributed by atoms with Gasteiger partial charge in [0.15, 0.2) is 17.0 Å². The molecule has 9 N–H and O–H groups in total. The number of esters is 1. The number of benzene rings is 2. The maximum absolute atomic E-state index is 14.9. The Kier molecular flexibility index (Phi) is 36.7. The average Bonchev–Trinajstić information content (AvgIpc) is 1.76. The molecule has 3 saturated heterocycles. The van der Waals surface area contributed by atoms with Crippen molar-refractivity contribution in [3.8, 4) is 33.6 Å². The number of hydrogen-bond donors (Lipinski definition) is 7. The van der Waals surface area contributed by atoms with E-state index in [2.05, 4.69) is 56.8 Å². The Morgan fingerprint density at radius 2 is 1.52 bits per heavy atom. The first kappa shape index (κ1) is 102. The van der Waals surface area contributed by atoms with Crippen LogP contribution in [-0.2, 0) is 86.3 Å². The Hall–Kier alpha value is -10.9. The maximum atomic E-state index is 14.9. The number of oxazole rings is 1. The topological polar surface area (TPSA) is 488 Å². The van der Waals surface area contributed by atoms with Gasteiger partial charge in [-0.25, -0.2) is 38.8 Å². The summed E-state index contributed by atoms with van der Waals surface area (Å²) in [6, 6.07) is 11.9. The van der Waals surface area contributed by atoms with Gasteiger partial charge < -0.3 is 89.3 Å². The lowest BCUT2D eigenvalue weighted by molar-refractivity contribution is -0.265. The van der Waals surface area contributed by atoms with Gasteiger partial charge in [-0.3, -0.25) is 28.9 Å². The van der Waals surface area contributed by atoms with Gasteiger partial charge in [-0.15, -0.1) is 10.2 Å². The number of fused-ring (bicyclic) bond motifs is 5. The molecule has 1 aliphatic carbocycles. The Morgan fingerprint density at radius 3 is 2.28 bits per heavy atom. The Labute approximate surface area is 786 Å². The molecule has 8 aromatic rings. The van der Waals surface area contributed by atoms with Crippen molar-refractivity contribution in [1.29, 1.82) is 0 Å². The van der Waals surface area contributed by atoms with E-state index in [1.807, 2.05) is 92.4 Å². The van der Waals surface area contributed by atoms with Gasteiger partial charge in [0, 0.05) is 132 Å². The lowest BCUT2D eigenvalue weighted by Crippen LogP contribution is -2.61. The van der Waals surface area contributed by atoms with Gasteiger partial charge in [0.05, 0.1) is 119 Å².